The lowest BCUT2D eigenvalue weighted by Crippen LogP contribution is -2.41. The van der Waals surface area contributed by atoms with Gasteiger partial charge in [-0.1, -0.05) is 0 Å². The number of carbonyl (C=O) groups is 1. The zero-order chi connectivity index (χ0) is 23.9. The Kier molecular flexibility index (Phi) is 5.68. The van der Waals surface area contributed by atoms with Crippen molar-refractivity contribution in [2.24, 2.45) is 0 Å². The van der Waals surface area contributed by atoms with E-state index in [-0.39, 0.29) is 36.0 Å². The van der Waals surface area contributed by atoms with E-state index in [4.69, 9.17) is 4.74 Å². The Balaban J connectivity index is 1.43. The van der Waals surface area contributed by atoms with Gasteiger partial charge >= 0.3 is 0 Å². The molecule has 2 fully saturated rings. The van der Waals surface area contributed by atoms with Crippen molar-refractivity contribution < 1.29 is 18.3 Å². The molecule has 1 unspecified atom stereocenters. The number of carbonyl (C=O) groups excluding carboxylic acids is 1. The second kappa shape index (κ2) is 8.67. The van der Waals surface area contributed by atoms with E-state index in [1.807, 2.05) is 0 Å². The molecule has 2 aliphatic rings. The van der Waals surface area contributed by atoms with Crippen LogP contribution in [0, 0.1) is 0 Å². The lowest BCUT2D eigenvalue weighted by molar-refractivity contribution is -0.104. The lowest BCUT2D eigenvalue weighted by atomic mass is 9.88. The van der Waals surface area contributed by atoms with Crippen molar-refractivity contribution >= 4 is 28.9 Å². The highest BCUT2D eigenvalue weighted by Gasteiger charge is 2.46. The fourth-order valence-corrected chi connectivity index (χ4v) is 4.34. The second-order valence-corrected chi connectivity index (χ2v) is 8.64. The molecular weight excluding hydrogens is 448 g/mol. The summed E-state index contributed by atoms with van der Waals surface area (Å²) in [6.07, 6.45) is 3.95. The van der Waals surface area contributed by atoms with E-state index in [0.29, 0.717) is 30.5 Å². The van der Waals surface area contributed by atoms with Crippen molar-refractivity contribution in [2.45, 2.75) is 43.7 Å². The Labute approximate surface area is 193 Å². The van der Waals surface area contributed by atoms with Crippen molar-refractivity contribution in [1.29, 1.82) is 0 Å². The summed E-state index contributed by atoms with van der Waals surface area (Å²) in [7, 11) is 1.70. The largest absolute Gasteiger partial charge is 0.379 e. The van der Waals surface area contributed by atoms with Crippen LogP contribution in [0.4, 0.5) is 26.1 Å². The molecule has 3 N–H and O–H groups in total. The van der Waals surface area contributed by atoms with Gasteiger partial charge in [-0.05, 0) is 25.0 Å². The maximum atomic E-state index is 13.3. The molecule has 12 heteroatoms. The molecule has 34 heavy (non-hydrogen) atoms. The molecule has 1 aliphatic carbocycles. The van der Waals surface area contributed by atoms with Gasteiger partial charge in [-0.15, -0.1) is 0 Å². The molecule has 1 saturated heterocycles. The van der Waals surface area contributed by atoms with Crippen LogP contribution < -0.4 is 21.5 Å². The maximum absolute atomic E-state index is 13.3. The molecule has 4 heterocycles. The van der Waals surface area contributed by atoms with Crippen LogP contribution in [0.25, 0.3) is 5.65 Å². The van der Waals surface area contributed by atoms with E-state index in [9.17, 15) is 18.4 Å². The first-order chi connectivity index (χ1) is 16.3. The normalized spacial score (nSPS) is 20.0. The Morgan fingerprint density at radius 3 is 2.85 bits per heavy atom. The summed E-state index contributed by atoms with van der Waals surface area (Å²) in [5, 5.41) is 13.2. The highest BCUT2D eigenvalue weighted by molar-refractivity contribution is 6.00. The monoisotopic (exact) mass is 473 g/mol. The van der Waals surface area contributed by atoms with Gasteiger partial charge in [0, 0.05) is 44.8 Å². The number of hydrogen-bond donors (Lipinski definition) is 3. The summed E-state index contributed by atoms with van der Waals surface area (Å²) >= 11 is 0. The van der Waals surface area contributed by atoms with Crippen molar-refractivity contribution in [3.8, 4) is 0 Å². The van der Waals surface area contributed by atoms with E-state index in [0.717, 1.165) is 12.8 Å². The highest BCUT2D eigenvalue weighted by Crippen LogP contribution is 2.44. The third kappa shape index (κ3) is 4.20. The van der Waals surface area contributed by atoms with Gasteiger partial charge in [-0.3, -0.25) is 9.59 Å². The first-order valence-corrected chi connectivity index (χ1v) is 11.2. The summed E-state index contributed by atoms with van der Waals surface area (Å²) in [5.41, 5.74) is 0.368. The number of nitrogens with one attached hydrogen (secondary N) is 3. The van der Waals surface area contributed by atoms with Gasteiger partial charge in [-0.2, -0.15) is 9.61 Å². The standard InChI is InChI=1S/C22H25F2N7O3/c1-25-18-8-17(28-16-5-2-6-30(21(16)33)14-9-22(23,24)10-14)29-19-15(11-26-31(18)19)20(32)27-13-4-3-7-34-12-13/h2,5-6,8,11,13-14,25H,3-4,7,9-10,12H2,1H3,(H,27,32)(H,28,29). The van der Waals surface area contributed by atoms with E-state index in [1.54, 1.807) is 25.2 Å². The summed E-state index contributed by atoms with van der Waals surface area (Å²) in [6, 6.07) is 4.21. The average Bonchev–Trinajstić information content (AvgIpc) is 3.23. The SMILES string of the molecule is CNc1cc(Nc2cccn(C3CC(F)(F)C3)c2=O)nc2c(C(=O)NC3CCCOC3)cnn12. The number of ether oxygens (including phenoxy) is 1. The quantitative estimate of drug-likeness (QED) is 0.504. The van der Waals surface area contributed by atoms with Crippen molar-refractivity contribution in [1.82, 2.24) is 24.5 Å². The summed E-state index contributed by atoms with van der Waals surface area (Å²) in [6.45, 7) is 1.15. The average molecular weight is 473 g/mol. The zero-order valence-corrected chi connectivity index (χ0v) is 18.6. The van der Waals surface area contributed by atoms with Gasteiger partial charge in [0.05, 0.1) is 18.8 Å². The van der Waals surface area contributed by atoms with E-state index in [2.05, 4.69) is 26.0 Å². The number of amides is 1. The van der Waals surface area contributed by atoms with Crippen molar-refractivity contribution in [2.75, 3.05) is 30.9 Å². The van der Waals surface area contributed by atoms with E-state index < -0.39 is 17.5 Å². The molecule has 0 aromatic carbocycles. The van der Waals surface area contributed by atoms with Crippen LogP contribution in [0.15, 0.2) is 35.4 Å². The molecule has 0 bridgehead atoms. The number of pyridine rings is 1. The minimum atomic E-state index is -2.73. The minimum absolute atomic E-state index is 0.0806. The molecule has 1 saturated carbocycles. The molecule has 1 atom stereocenters. The Bertz CT molecular complexity index is 1280. The molecule has 3 aromatic heterocycles. The second-order valence-electron chi connectivity index (χ2n) is 8.64. The van der Waals surface area contributed by atoms with Crippen LogP contribution in [-0.4, -0.2) is 57.3 Å². The van der Waals surface area contributed by atoms with Crippen LogP contribution in [-0.2, 0) is 4.74 Å². The smallest absolute Gasteiger partial charge is 0.274 e. The number of hydrogen-bond acceptors (Lipinski definition) is 7. The molecule has 1 amide bonds. The zero-order valence-electron chi connectivity index (χ0n) is 18.6. The predicted molar refractivity (Wildman–Crippen MR) is 121 cm³/mol. The number of fused-ring (bicyclic) bond motifs is 1. The van der Waals surface area contributed by atoms with Crippen molar-refractivity contribution in [3.63, 3.8) is 0 Å². The molecular formula is C22H25F2N7O3. The fourth-order valence-electron chi connectivity index (χ4n) is 4.34. The number of halogens is 2. The maximum Gasteiger partial charge on any atom is 0.274 e. The first kappa shape index (κ1) is 22.3. The number of anilines is 3. The molecule has 3 aromatic rings. The first-order valence-electron chi connectivity index (χ1n) is 11.2. The van der Waals surface area contributed by atoms with Crippen LogP contribution in [0.2, 0.25) is 0 Å². The molecule has 1 aliphatic heterocycles. The number of aromatic nitrogens is 4. The molecule has 0 radical (unpaired) electrons. The summed E-state index contributed by atoms with van der Waals surface area (Å²) in [5.74, 6) is -2.20. The van der Waals surface area contributed by atoms with Crippen LogP contribution in [0.1, 0.15) is 42.1 Å². The van der Waals surface area contributed by atoms with Gasteiger partial charge in [0.1, 0.15) is 22.9 Å². The van der Waals surface area contributed by atoms with Crippen molar-refractivity contribution in [3.05, 3.63) is 46.5 Å². The van der Waals surface area contributed by atoms with Crippen LogP contribution in [0.3, 0.4) is 0 Å². The number of rotatable bonds is 6. The van der Waals surface area contributed by atoms with Gasteiger partial charge in [-0.25, -0.2) is 13.8 Å². The Morgan fingerprint density at radius 2 is 2.15 bits per heavy atom. The number of nitrogens with zero attached hydrogens (tertiary/aromatic N) is 4. The molecule has 180 valence electrons. The summed E-state index contributed by atoms with van der Waals surface area (Å²) < 4.78 is 34.9. The lowest BCUT2D eigenvalue weighted by Gasteiger charge is -2.36. The third-order valence-electron chi connectivity index (χ3n) is 6.17. The highest BCUT2D eigenvalue weighted by atomic mass is 19.3. The topological polar surface area (TPSA) is 115 Å². The van der Waals surface area contributed by atoms with Crippen LogP contribution in [0.5, 0.6) is 0 Å². The predicted octanol–water partition coefficient (Wildman–Crippen LogP) is 2.56. The number of alkyl halides is 2. The van der Waals surface area contributed by atoms with Gasteiger partial charge in [0.2, 0.25) is 0 Å². The van der Waals surface area contributed by atoms with E-state index >= 15 is 0 Å². The van der Waals surface area contributed by atoms with Gasteiger partial charge in [0.15, 0.2) is 5.65 Å². The van der Waals surface area contributed by atoms with E-state index in [1.165, 1.54) is 21.5 Å². The fraction of sp³-hybridized carbons (Fsp3) is 0.455. The minimum Gasteiger partial charge on any atom is -0.379 e. The van der Waals surface area contributed by atoms with Gasteiger partial charge < -0.3 is 25.3 Å². The third-order valence-corrected chi connectivity index (χ3v) is 6.17. The molecule has 10 nitrogen and oxygen atoms in total. The molecule has 0 spiro atoms. The molecule has 5 rings (SSSR count). The van der Waals surface area contributed by atoms with Gasteiger partial charge in [0.25, 0.3) is 17.4 Å². The Morgan fingerprint density at radius 1 is 1.32 bits per heavy atom. The Hall–Kier alpha value is -3.54. The van der Waals surface area contributed by atoms with Crippen LogP contribution >= 0.6 is 0 Å². The summed E-state index contributed by atoms with van der Waals surface area (Å²) in [4.78, 5) is 30.3.